The van der Waals surface area contributed by atoms with Gasteiger partial charge in [0.1, 0.15) is 6.61 Å². The molecule has 0 aliphatic carbocycles. The standard InChI is InChI=1S/C20H38O/c1-2-3-4-5-6-7-8-9-10-11-12-13-14-15-16-17-18-19-20-21/h21H,2-17,20H2,1H3. The quantitative estimate of drug-likeness (QED) is 0.280. The molecule has 0 atom stereocenters. The van der Waals surface area contributed by atoms with E-state index in [1.165, 1.54) is 96.3 Å². The highest BCUT2D eigenvalue weighted by molar-refractivity contribution is 4.98. The third kappa shape index (κ3) is 19.5. The molecule has 0 aromatic rings. The second-order valence-electron chi connectivity index (χ2n) is 6.21. The summed E-state index contributed by atoms with van der Waals surface area (Å²) in [6.07, 6.45) is 22.0. The number of hydrogen-bond acceptors (Lipinski definition) is 1. The second kappa shape index (κ2) is 19.5. The summed E-state index contributed by atoms with van der Waals surface area (Å²) in [6, 6.07) is 0. The lowest BCUT2D eigenvalue weighted by Gasteiger charge is -2.03. The fraction of sp³-hybridized carbons (Fsp3) is 0.900. The van der Waals surface area contributed by atoms with Gasteiger partial charge in [-0.15, -0.1) is 5.92 Å². The maximum Gasteiger partial charge on any atom is 0.104 e. The van der Waals surface area contributed by atoms with Gasteiger partial charge in [0.05, 0.1) is 0 Å². The minimum atomic E-state index is 0.0126. The van der Waals surface area contributed by atoms with E-state index in [1.807, 2.05) is 0 Å². The maximum absolute atomic E-state index is 8.52. The van der Waals surface area contributed by atoms with Gasteiger partial charge in [-0.05, 0) is 6.42 Å². The molecule has 0 bridgehead atoms. The third-order valence-corrected chi connectivity index (χ3v) is 4.11. The molecular formula is C20H38O. The predicted molar refractivity (Wildman–Crippen MR) is 94.4 cm³/mol. The molecule has 0 aliphatic rings. The Kier molecular flexibility index (Phi) is 19.1. The minimum absolute atomic E-state index is 0.0126. The molecule has 1 N–H and O–H groups in total. The Morgan fingerprint density at radius 3 is 1.29 bits per heavy atom. The van der Waals surface area contributed by atoms with Gasteiger partial charge in [-0.1, -0.05) is 103 Å². The van der Waals surface area contributed by atoms with E-state index in [-0.39, 0.29) is 6.61 Å². The lowest BCUT2D eigenvalue weighted by molar-refractivity contribution is 0.350. The first-order valence-corrected chi connectivity index (χ1v) is 9.48. The summed E-state index contributed by atoms with van der Waals surface area (Å²) in [5.74, 6) is 5.69. The van der Waals surface area contributed by atoms with E-state index in [1.54, 1.807) is 0 Å². The topological polar surface area (TPSA) is 20.2 Å². The lowest BCUT2D eigenvalue weighted by Crippen LogP contribution is -1.83. The summed E-state index contributed by atoms with van der Waals surface area (Å²) in [5, 5.41) is 8.52. The molecule has 0 unspecified atom stereocenters. The van der Waals surface area contributed by atoms with Gasteiger partial charge in [0, 0.05) is 6.42 Å². The van der Waals surface area contributed by atoms with E-state index >= 15 is 0 Å². The van der Waals surface area contributed by atoms with E-state index in [2.05, 4.69) is 18.8 Å². The van der Waals surface area contributed by atoms with Crippen LogP contribution in [0.2, 0.25) is 0 Å². The first-order valence-electron chi connectivity index (χ1n) is 9.48. The summed E-state index contributed by atoms with van der Waals surface area (Å²) >= 11 is 0. The van der Waals surface area contributed by atoms with Crippen LogP contribution in [0.3, 0.4) is 0 Å². The molecule has 0 amide bonds. The number of hydrogen-bond donors (Lipinski definition) is 1. The van der Waals surface area contributed by atoms with Crippen molar-refractivity contribution >= 4 is 0 Å². The van der Waals surface area contributed by atoms with Crippen molar-refractivity contribution in [1.29, 1.82) is 0 Å². The van der Waals surface area contributed by atoms with Gasteiger partial charge >= 0.3 is 0 Å². The molecule has 0 fully saturated rings. The highest BCUT2D eigenvalue weighted by Crippen LogP contribution is 2.13. The van der Waals surface area contributed by atoms with Gasteiger partial charge in [-0.2, -0.15) is 0 Å². The molecular weight excluding hydrogens is 256 g/mol. The van der Waals surface area contributed by atoms with Crippen LogP contribution in [-0.2, 0) is 0 Å². The van der Waals surface area contributed by atoms with Crippen LogP contribution in [0.1, 0.15) is 110 Å². The van der Waals surface area contributed by atoms with E-state index in [0.29, 0.717) is 0 Å². The Labute approximate surface area is 133 Å². The largest absolute Gasteiger partial charge is 0.384 e. The Morgan fingerprint density at radius 1 is 0.524 bits per heavy atom. The average molecular weight is 295 g/mol. The van der Waals surface area contributed by atoms with Crippen LogP contribution in [0.15, 0.2) is 0 Å². The van der Waals surface area contributed by atoms with Crippen LogP contribution >= 0.6 is 0 Å². The zero-order valence-electron chi connectivity index (χ0n) is 14.5. The second-order valence-corrected chi connectivity index (χ2v) is 6.21. The normalized spacial score (nSPS) is 10.4. The molecule has 21 heavy (non-hydrogen) atoms. The molecule has 0 saturated heterocycles. The van der Waals surface area contributed by atoms with Gasteiger partial charge in [0.25, 0.3) is 0 Å². The summed E-state index contributed by atoms with van der Waals surface area (Å²) in [5.41, 5.74) is 0. The van der Waals surface area contributed by atoms with Crippen LogP contribution in [-0.4, -0.2) is 11.7 Å². The van der Waals surface area contributed by atoms with Crippen LogP contribution in [0.25, 0.3) is 0 Å². The summed E-state index contributed by atoms with van der Waals surface area (Å²) in [6.45, 7) is 2.30. The van der Waals surface area contributed by atoms with Crippen molar-refractivity contribution < 1.29 is 5.11 Å². The Balaban J connectivity index is 2.96. The van der Waals surface area contributed by atoms with Gasteiger partial charge < -0.3 is 5.11 Å². The molecule has 0 saturated carbocycles. The zero-order valence-corrected chi connectivity index (χ0v) is 14.5. The number of unbranched alkanes of at least 4 members (excludes halogenated alkanes) is 15. The van der Waals surface area contributed by atoms with Gasteiger partial charge in [0.15, 0.2) is 0 Å². The molecule has 0 spiro atoms. The molecule has 124 valence electrons. The number of aliphatic hydroxyl groups excluding tert-OH is 1. The summed E-state index contributed by atoms with van der Waals surface area (Å²) in [4.78, 5) is 0. The smallest absolute Gasteiger partial charge is 0.104 e. The Hall–Kier alpha value is -0.480. The van der Waals surface area contributed by atoms with Crippen LogP contribution in [0, 0.1) is 11.8 Å². The van der Waals surface area contributed by atoms with Gasteiger partial charge in [-0.3, -0.25) is 0 Å². The molecule has 1 heteroatoms. The van der Waals surface area contributed by atoms with E-state index in [0.717, 1.165) is 6.42 Å². The van der Waals surface area contributed by atoms with Crippen molar-refractivity contribution in [2.45, 2.75) is 110 Å². The fourth-order valence-electron chi connectivity index (χ4n) is 2.73. The summed E-state index contributed by atoms with van der Waals surface area (Å²) < 4.78 is 0. The minimum Gasteiger partial charge on any atom is -0.384 e. The lowest BCUT2D eigenvalue weighted by atomic mass is 10.0. The van der Waals surface area contributed by atoms with Crippen LogP contribution in [0.5, 0.6) is 0 Å². The van der Waals surface area contributed by atoms with Gasteiger partial charge in [-0.25, -0.2) is 0 Å². The average Bonchev–Trinajstić information content (AvgIpc) is 2.50. The fourth-order valence-corrected chi connectivity index (χ4v) is 2.73. The van der Waals surface area contributed by atoms with E-state index < -0.39 is 0 Å². The molecule has 0 rings (SSSR count). The highest BCUT2D eigenvalue weighted by atomic mass is 16.2. The van der Waals surface area contributed by atoms with Crippen LogP contribution < -0.4 is 0 Å². The molecule has 0 aromatic heterocycles. The number of aliphatic hydroxyl groups is 1. The van der Waals surface area contributed by atoms with Gasteiger partial charge in [0.2, 0.25) is 0 Å². The van der Waals surface area contributed by atoms with E-state index in [4.69, 9.17) is 5.11 Å². The molecule has 1 nitrogen and oxygen atoms in total. The molecule has 0 radical (unpaired) electrons. The predicted octanol–water partition coefficient (Wildman–Crippen LogP) is 6.24. The molecule has 0 aliphatic heterocycles. The van der Waals surface area contributed by atoms with Crippen molar-refractivity contribution in [2.75, 3.05) is 6.61 Å². The van der Waals surface area contributed by atoms with Crippen molar-refractivity contribution in [3.05, 3.63) is 0 Å². The maximum atomic E-state index is 8.52. The monoisotopic (exact) mass is 294 g/mol. The summed E-state index contributed by atoms with van der Waals surface area (Å²) in [7, 11) is 0. The van der Waals surface area contributed by atoms with Crippen LogP contribution in [0.4, 0.5) is 0 Å². The number of rotatable bonds is 15. The highest BCUT2D eigenvalue weighted by Gasteiger charge is 1.93. The Morgan fingerprint density at radius 2 is 0.905 bits per heavy atom. The third-order valence-electron chi connectivity index (χ3n) is 4.11. The first kappa shape index (κ1) is 20.5. The van der Waals surface area contributed by atoms with Crippen molar-refractivity contribution in [3.63, 3.8) is 0 Å². The van der Waals surface area contributed by atoms with E-state index in [9.17, 15) is 0 Å². The first-order chi connectivity index (χ1) is 10.4. The Bertz CT molecular complexity index is 236. The SMILES string of the molecule is CCCCCCCCCCCCCCCCCC#CCO. The molecule has 0 heterocycles. The zero-order chi connectivity index (χ0) is 15.4. The van der Waals surface area contributed by atoms with Crippen molar-refractivity contribution in [3.8, 4) is 11.8 Å². The van der Waals surface area contributed by atoms with Crippen molar-refractivity contribution in [1.82, 2.24) is 0 Å². The van der Waals surface area contributed by atoms with Crippen molar-refractivity contribution in [2.24, 2.45) is 0 Å². The molecule has 0 aromatic carbocycles.